The number of hydrogen-bond donors (Lipinski definition) is 1. The zero-order valence-electron chi connectivity index (χ0n) is 20.8. The predicted octanol–water partition coefficient (Wildman–Crippen LogP) is 5.43. The van der Waals surface area contributed by atoms with Gasteiger partial charge in [-0.05, 0) is 49.4 Å². The molecule has 4 rings (SSSR count). The Morgan fingerprint density at radius 1 is 1.03 bits per heavy atom. The number of methoxy groups -OCH3 is 1. The maximum Gasteiger partial charge on any atom is 0.243 e. The summed E-state index contributed by atoms with van der Waals surface area (Å²) in [7, 11) is -2.48. The Morgan fingerprint density at radius 3 is 2.39 bits per heavy atom. The standard InChI is InChI=1S/C27H26Cl2N4O4S/c1-19-6-12-24(13-7-19)38(35,36)32(14-15-37-2)18-26(34)31-27-30-25(20-8-10-21(28)11-9-20)17-33(27)23-5-3-4-22(29)16-23/h3-13,16-17H,14-15,18H2,1-2H3,(H,30,31,34). The molecule has 0 atom stereocenters. The summed E-state index contributed by atoms with van der Waals surface area (Å²) in [5.74, 6) is -0.352. The molecule has 1 amide bonds. The number of aromatic nitrogens is 2. The van der Waals surface area contributed by atoms with E-state index in [1.165, 1.54) is 19.2 Å². The van der Waals surface area contributed by atoms with Crippen molar-refractivity contribution < 1.29 is 17.9 Å². The summed E-state index contributed by atoms with van der Waals surface area (Å²) in [6, 6.07) is 20.7. The first-order valence-corrected chi connectivity index (χ1v) is 13.8. The van der Waals surface area contributed by atoms with E-state index in [0.29, 0.717) is 21.4 Å². The van der Waals surface area contributed by atoms with Gasteiger partial charge in [-0.3, -0.25) is 14.7 Å². The second-order valence-corrected chi connectivity index (χ2v) is 11.3. The van der Waals surface area contributed by atoms with Crippen LogP contribution in [0.3, 0.4) is 0 Å². The van der Waals surface area contributed by atoms with Gasteiger partial charge in [-0.25, -0.2) is 13.4 Å². The summed E-state index contributed by atoms with van der Waals surface area (Å²) in [6.45, 7) is 1.56. The van der Waals surface area contributed by atoms with Gasteiger partial charge in [-0.1, -0.05) is 59.1 Å². The molecular formula is C27H26Cl2N4O4S. The van der Waals surface area contributed by atoms with Crippen molar-refractivity contribution >= 4 is 45.1 Å². The van der Waals surface area contributed by atoms with E-state index in [1.807, 2.05) is 25.1 Å². The minimum absolute atomic E-state index is 0.00110. The van der Waals surface area contributed by atoms with E-state index in [4.69, 9.17) is 27.9 Å². The third kappa shape index (κ3) is 6.61. The number of rotatable bonds is 10. The molecule has 0 unspecified atom stereocenters. The number of aryl methyl sites for hydroxylation is 1. The number of nitrogens with one attached hydrogen (secondary N) is 1. The summed E-state index contributed by atoms with van der Waals surface area (Å²) in [4.78, 5) is 17.9. The van der Waals surface area contributed by atoms with Gasteiger partial charge in [0.15, 0.2) is 0 Å². The lowest BCUT2D eigenvalue weighted by molar-refractivity contribution is -0.116. The number of ether oxygens (including phenoxy) is 1. The molecule has 1 heterocycles. The summed E-state index contributed by atoms with van der Waals surface area (Å²) >= 11 is 12.2. The number of amides is 1. The zero-order valence-corrected chi connectivity index (χ0v) is 23.1. The molecule has 0 saturated carbocycles. The second kappa shape index (κ2) is 12.1. The minimum Gasteiger partial charge on any atom is -0.383 e. The largest absolute Gasteiger partial charge is 0.383 e. The summed E-state index contributed by atoms with van der Waals surface area (Å²) < 4.78 is 34.5. The number of anilines is 1. The molecule has 0 aliphatic carbocycles. The summed E-state index contributed by atoms with van der Waals surface area (Å²) in [6.07, 6.45) is 1.76. The monoisotopic (exact) mass is 572 g/mol. The van der Waals surface area contributed by atoms with Crippen molar-refractivity contribution in [1.29, 1.82) is 0 Å². The number of imidazole rings is 1. The highest BCUT2D eigenvalue weighted by Crippen LogP contribution is 2.27. The average Bonchev–Trinajstić information content (AvgIpc) is 3.30. The smallest absolute Gasteiger partial charge is 0.243 e. The van der Waals surface area contributed by atoms with Crippen LogP contribution in [0.15, 0.2) is 83.9 Å². The number of benzene rings is 3. The van der Waals surface area contributed by atoms with E-state index in [9.17, 15) is 13.2 Å². The molecular weight excluding hydrogens is 547 g/mol. The first-order valence-electron chi connectivity index (χ1n) is 11.6. The van der Waals surface area contributed by atoms with Crippen LogP contribution in [-0.2, 0) is 19.6 Å². The highest BCUT2D eigenvalue weighted by molar-refractivity contribution is 7.89. The van der Waals surface area contributed by atoms with Gasteiger partial charge in [-0.15, -0.1) is 0 Å². The number of hydrogen-bond acceptors (Lipinski definition) is 5. The van der Waals surface area contributed by atoms with Gasteiger partial charge in [0, 0.05) is 41.1 Å². The molecule has 4 aromatic rings. The lowest BCUT2D eigenvalue weighted by Crippen LogP contribution is -2.40. The van der Waals surface area contributed by atoms with E-state index >= 15 is 0 Å². The number of carbonyl (C=O) groups is 1. The Balaban J connectivity index is 1.64. The van der Waals surface area contributed by atoms with Crippen molar-refractivity contribution in [1.82, 2.24) is 13.9 Å². The number of halogens is 2. The van der Waals surface area contributed by atoms with Crippen LogP contribution >= 0.6 is 23.2 Å². The first-order chi connectivity index (χ1) is 18.2. The highest BCUT2D eigenvalue weighted by atomic mass is 35.5. The van der Waals surface area contributed by atoms with Gasteiger partial charge in [0.1, 0.15) is 0 Å². The zero-order chi connectivity index (χ0) is 27.3. The van der Waals surface area contributed by atoms with E-state index in [2.05, 4.69) is 10.3 Å². The Labute approximate surface area is 231 Å². The van der Waals surface area contributed by atoms with Crippen LogP contribution in [0, 0.1) is 6.92 Å². The maximum atomic E-state index is 13.3. The molecule has 0 aliphatic rings. The van der Waals surface area contributed by atoms with Crippen molar-refractivity contribution in [2.75, 3.05) is 32.1 Å². The first kappa shape index (κ1) is 27.8. The van der Waals surface area contributed by atoms with Gasteiger partial charge in [0.2, 0.25) is 21.9 Å². The quantitative estimate of drug-likeness (QED) is 0.273. The Morgan fingerprint density at radius 2 is 1.74 bits per heavy atom. The molecule has 0 spiro atoms. The summed E-state index contributed by atoms with van der Waals surface area (Å²) in [5.41, 5.74) is 2.97. The second-order valence-electron chi connectivity index (χ2n) is 8.50. The van der Waals surface area contributed by atoms with Crippen molar-refractivity contribution in [3.63, 3.8) is 0 Å². The van der Waals surface area contributed by atoms with E-state index in [-0.39, 0.29) is 24.0 Å². The lowest BCUT2D eigenvalue weighted by atomic mass is 10.2. The van der Waals surface area contributed by atoms with Crippen LogP contribution in [0.25, 0.3) is 16.9 Å². The van der Waals surface area contributed by atoms with Crippen LogP contribution in [0.2, 0.25) is 10.0 Å². The normalized spacial score (nSPS) is 11.6. The van der Waals surface area contributed by atoms with E-state index < -0.39 is 22.5 Å². The SMILES string of the molecule is COCCN(CC(=O)Nc1nc(-c2ccc(Cl)cc2)cn1-c1cccc(Cl)c1)S(=O)(=O)c1ccc(C)cc1. The predicted molar refractivity (Wildman–Crippen MR) is 149 cm³/mol. The third-order valence-electron chi connectivity index (χ3n) is 5.71. The minimum atomic E-state index is -3.95. The van der Waals surface area contributed by atoms with Crippen LogP contribution in [0.5, 0.6) is 0 Å². The fourth-order valence-electron chi connectivity index (χ4n) is 3.71. The van der Waals surface area contributed by atoms with Gasteiger partial charge in [0.05, 0.1) is 23.7 Å². The molecule has 3 aromatic carbocycles. The Hall–Kier alpha value is -3.21. The van der Waals surface area contributed by atoms with Crippen molar-refractivity contribution in [2.45, 2.75) is 11.8 Å². The topological polar surface area (TPSA) is 93.5 Å². The molecule has 38 heavy (non-hydrogen) atoms. The molecule has 11 heteroatoms. The molecule has 0 fully saturated rings. The van der Waals surface area contributed by atoms with Crippen molar-refractivity contribution in [3.8, 4) is 16.9 Å². The fourth-order valence-corrected chi connectivity index (χ4v) is 5.40. The number of nitrogens with zero attached hydrogens (tertiary/aromatic N) is 3. The molecule has 1 aromatic heterocycles. The number of sulfonamides is 1. The lowest BCUT2D eigenvalue weighted by Gasteiger charge is -2.21. The van der Waals surface area contributed by atoms with E-state index in [1.54, 1.807) is 53.2 Å². The molecule has 0 bridgehead atoms. The molecule has 0 aliphatic heterocycles. The van der Waals surface area contributed by atoms with Crippen LogP contribution in [0.4, 0.5) is 5.95 Å². The van der Waals surface area contributed by atoms with Crippen LogP contribution < -0.4 is 5.32 Å². The molecule has 8 nitrogen and oxygen atoms in total. The third-order valence-corrected chi connectivity index (χ3v) is 8.05. The highest BCUT2D eigenvalue weighted by Gasteiger charge is 2.27. The van der Waals surface area contributed by atoms with Gasteiger partial charge in [-0.2, -0.15) is 4.31 Å². The molecule has 1 N–H and O–H groups in total. The molecule has 0 saturated heterocycles. The molecule has 198 valence electrons. The van der Waals surface area contributed by atoms with Crippen LogP contribution in [0.1, 0.15) is 5.56 Å². The Bertz CT molecular complexity index is 1520. The summed E-state index contributed by atoms with van der Waals surface area (Å²) in [5, 5.41) is 3.86. The fraction of sp³-hybridized carbons (Fsp3) is 0.185. The Kier molecular flexibility index (Phi) is 8.86. The van der Waals surface area contributed by atoms with Gasteiger partial charge >= 0.3 is 0 Å². The average molecular weight is 574 g/mol. The van der Waals surface area contributed by atoms with Crippen molar-refractivity contribution in [2.24, 2.45) is 0 Å². The van der Waals surface area contributed by atoms with Gasteiger partial charge in [0.25, 0.3) is 0 Å². The van der Waals surface area contributed by atoms with Crippen molar-refractivity contribution in [3.05, 3.63) is 94.6 Å². The molecule has 0 radical (unpaired) electrons. The van der Waals surface area contributed by atoms with Gasteiger partial charge < -0.3 is 4.74 Å². The maximum absolute atomic E-state index is 13.3. The van der Waals surface area contributed by atoms with E-state index in [0.717, 1.165) is 15.4 Å². The van der Waals surface area contributed by atoms with Crippen LogP contribution in [-0.4, -0.2) is 55.0 Å². The number of carbonyl (C=O) groups excluding carboxylic acids is 1.